The fourth-order valence-corrected chi connectivity index (χ4v) is 1.90. The second-order valence-electron chi connectivity index (χ2n) is 5.44. The van der Waals surface area contributed by atoms with E-state index in [0.29, 0.717) is 13.1 Å². The number of likely N-dealkylation sites (tertiary alicyclic amines) is 1. The van der Waals surface area contributed by atoms with Crippen LogP contribution < -0.4 is 5.32 Å². The van der Waals surface area contributed by atoms with Gasteiger partial charge < -0.3 is 20.1 Å². The maximum Gasteiger partial charge on any atom is 0.410 e. The van der Waals surface area contributed by atoms with Crippen LogP contribution in [0.2, 0.25) is 0 Å². The van der Waals surface area contributed by atoms with E-state index >= 15 is 0 Å². The molecule has 0 aliphatic carbocycles. The molecule has 5 heteroatoms. The number of amides is 1. The highest BCUT2D eigenvalue weighted by Gasteiger charge is 2.27. The topological polar surface area (TPSA) is 61.8 Å². The maximum absolute atomic E-state index is 11.9. The number of ether oxygens (including phenoxy) is 1. The molecule has 1 saturated heterocycles. The summed E-state index contributed by atoms with van der Waals surface area (Å²) in [6.45, 7) is 7.74. The van der Waals surface area contributed by atoms with Gasteiger partial charge in [0.2, 0.25) is 0 Å². The summed E-state index contributed by atoms with van der Waals surface area (Å²) in [7, 11) is 0. The Kier molecular flexibility index (Phi) is 5.21. The molecule has 2 N–H and O–H groups in total. The summed E-state index contributed by atoms with van der Waals surface area (Å²) >= 11 is 0. The Morgan fingerprint density at radius 3 is 2.82 bits per heavy atom. The first-order valence-corrected chi connectivity index (χ1v) is 6.24. The van der Waals surface area contributed by atoms with Gasteiger partial charge in [-0.25, -0.2) is 4.79 Å². The van der Waals surface area contributed by atoms with Gasteiger partial charge in [-0.15, -0.1) is 0 Å². The monoisotopic (exact) mass is 244 g/mol. The van der Waals surface area contributed by atoms with Crippen molar-refractivity contribution in [3.8, 4) is 0 Å². The van der Waals surface area contributed by atoms with Crippen molar-refractivity contribution in [2.45, 2.75) is 45.3 Å². The molecule has 1 amide bonds. The van der Waals surface area contributed by atoms with Crippen LogP contribution in [0.5, 0.6) is 0 Å². The summed E-state index contributed by atoms with van der Waals surface area (Å²) in [5.41, 5.74) is -0.442. The van der Waals surface area contributed by atoms with E-state index in [4.69, 9.17) is 9.84 Å². The van der Waals surface area contributed by atoms with Gasteiger partial charge in [0.1, 0.15) is 5.60 Å². The minimum absolute atomic E-state index is 0.128. The van der Waals surface area contributed by atoms with E-state index in [1.165, 1.54) is 0 Å². The lowest BCUT2D eigenvalue weighted by atomic mass is 10.1. The fraction of sp³-hybridized carbons (Fsp3) is 0.917. The smallest absolute Gasteiger partial charge is 0.410 e. The first kappa shape index (κ1) is 14.3. The molecule has 1 heterocycles. The van der Waals surface area contributed by atoms with Gasteiger partial charge in [0.05, 0.1) is 6.61 Å². The Morgan fingerprint density at radius 2 is 2.24 bits per heavy atom. The average molecular weight is 244 g/mol. The zero-order chi connectivity index (χ0) is 12.9. The predicted molar refractivity (Wildman–Crippen MR) is 65.9 cm³/mol. The zero-order valence-electron chi connectivity index (χ0n) is 11.0. The summed E-state index contributed by atoms with van der Waals surface area (Å²) in [6, 6.07) is 0.267. The average Bonchev–Trinajstić information content (AvgIpc) is 2.24. The molecule has 1 aliphatic rings. The number of carbonyl (C=O) groups excluding carboxylic acids is 1. The molecule has 1 aliphatic heterocycles. The van der Waals surface area contributed by atoms with Gasteiger partial charge in [-0.3, -0.25) is 0 Å². The van der Waals surface area contributed by atoms with Crippen molar-refractivity contribution >= 4 is 6.09 Å². The lowest BCUT2D eigenvalue weighted by molar-refractivity contribution is 0.0186. The third kappa shape index (κ3) is 5.37. The number of piperidine rings is 1. The first-order valence-electron chi connectivity index (χ1n) is 6.24. The second kappa shape index (κ2) is 6.21. The Hall–Kier alpha value is -0.810. The summed E-state index contributed by atoms with van der Waals surface area (Å²) in [5, 5.41) is 12.0. The van der Waals surface area contributed by atoms with E-state index in [9.17, 15) is 4.79 Å². The molecule has 1 atom stereocenters. The van der Waals surface area contributed by atoms with Crippen molar-refractivity contribution in [2.75, 3.05) is 26.2 Å². The van der Waals surface area contributed by atoms with Gasteiger partial charge in [-0.2, -0.15) is 0 Å². The van der Waals surface area contributed by atoms with Crippen LogP contribution in [0, 0.1) is 0 Å². The molecule has 1 fully saturated rings. The largest absolute Gasteiger partial charge is 0.444 e. The van der Waals surface area contributed by atoms with Gasteiger partial charge in [0.15, 0.2) is 0 Å². The molecule has 5 nitrogen and oxygen atoms in total. The van der Waals surface area contributed by atoms with Crippen LogP contribution in [0.25, 0.3) is 0 Å². The van der Waals surface area contributed by atoms with E-state index in [2.05, 4.69) is 5.32 Å². The summed E-state index contributed by atoms with van der Waals surface area (Å²) in [6.07, 6.45) is 1.77. The molecule has 0 radical (unpaired) electrons. The number of aliphatic hydroxyl groups is 1. The van der Waals surface area contributed by atoms with Gasteiger partial charge in [-0.1, -0.05) is 0 Å². The van der Waals surface area contributed by atoms with Crippen molar-refractivity contribution in [1.82, 2.24) is 10.2 Å². The molecule has 100 valence electrons. The summed E-state index contributed by atoms with van der Waals surface area (Å²) in [5.74, 6) is 0. The summed E-state index contributed by atoms with van der Waals surface area (Å²) < 4.78 is 5.34. The third-order valence-electron chi connectivity index (χ3n) is 2.62. The number of aliphatic hydroxyl groups excluding tert-OH is 1. The molecule has 0 spiro atoms. The molecule has 0 bridgehead atoms. The molecular weight excluding hydrogens is 220 g/mol. The molecule has 1 rings (SSSR count). The molecule has 0 aromatic rings. The van der Waals surface area contributed by atoms with Crippen LogP contribution in [0.3, 0.4) is 0 Å². The second-order valence-corrected chi connectivity index (χ2v) is 5.44. The normalized spacial score (nSPS) is 21.4. The standard InChI is InChI=1S/C12H24N2O3/c1-12(2,3)17-11(16)14-7-4-5-10(9-14)13-6-8-15/h10,13,15H,4-9H2,1-3H3/t10-/m1/s1. The van der Waals surface area contributed by atoms with Gasteiger partial charge >= 0.3 is 6.09 Å². The predicted octanol–water partition coefficient (Wildman–Crippen LogP) is 0.968. The van der Waals surface area contributed by atoms with E-state index < -0.39 is 5.60 Å². The highest BCUT2D eigenvalue weighted by molar-refractivity contribution is 5.68. The first-order chi connectivity index (χ1) is 7.92. The Morgan fingerprint density at radius 1 is 1.53 bits per heavy atom. The highest BCUT2D eigenvalue weighted by Crippen LogP contribution is 2.15. The van der Waals surface area contributed by atoms with Crippen LogP contribution >= 0.6 is 0 Å². The molecular formula is C12H24N2O3. The molecule has 0 aromatic heterocycles. The molecule has 0 saturated carbocycles. The zero-order valence-corrected chi connectivity index (χ0v) is 11.0. The lowest BCUT2D eigenvalue weighted by Crippen LogP contribution is -2.49. The van der Waals surface area contributed by atoms with Crippen LogP contribution in [-0.4, -0.2) is 54.0 Å². The third-order valence-corrected chi connectivity index (χ3v) is 2.62. The SMILES string of the molecule is CC(C)(C)OC(=O)N1CCC[C@@H](NCCO)C1. The number of hydrogen-bond acceptors (Lipinski definition) is 4. The number of hydrogen-bond donors (Lipinski definition) is 2. The van der Waals surface area contributed by atoms with Crippen molar-refractivity contribution in [2.24, 2.45) is 0 Å². The van der Waals surface area contributed by atoms with E-state index in [1.54, 1.807) is 4.90 Å². The molecule has 0 unspecified atom stereocenters. The van der Waals surface area contributed by atoms with Crippen LogP contribution in [0.4, 0.5) is 4.79 Å². The van der Waals surface area contributed by atoms with Crippen molar-refractivity contribution in [3.05, 3.63) is 0 Å². The molecule has 17 heavy (non-hydrogen) atoms. The van der Waals surface area contributed by atoms with Gasteiger partial charge in [0.25, 0.3) is 0 Å². The van der Waals surface area contributed by atoms with Crippen LogP contribution in [-0.2, 0) is 4.74 Å². The quantitative estimate of drug-likeness (QED) is 0.776. The van der Waals surface area contributed by atoms with Crippen LogP contribution in [0.15, 0.2) is 0 Å². The van der Waals surface area contributed by atoms with Crippen molar-refractivity contribution in [1.29, 1.82) is 0 Å². The van der Waals surface area contributed by atoms with E-state index in [0.717, 1.165) is 19.4 Å². The number of nitrogens with zero attached hydrogens (tertiary/aromatic N) is 1. The minimum Gasteiger partial charge on any atom is -0.444 e. The van der Waals surface area contributed by atoms with Crippen LogP contribution in [0.1, 0.15) is 33.6 Å². The number of nitrogens with one attached hydrogen (secondary N) is 1. The number of rotatable bonds is 3. The van der Waals surface area contributed by atoms with E-state index in [-0.39, 0.29) is 18.7 Å². The fourth-order valence-electron chi connectivity index (χ4n) is 1.90. The van der Waals surface area contributed by atoms with Crippen molar-refractivity contribution < 1.29 is 14.6 Å². The summed E-state index contributed by atoms with van der Waals surface area (Å²) in [4.78, 5) is 13.6. The minimum atomic E-state index is -0.442. The van der Waals surface area contributed by atoms with Gasteiger partial charge in [0, 0.05) is 25.7 Å². The maximum atomic E-state index is 11.9. The van der Waals surface area contributed by atoms with Crippen molar-refractivity contribution in [3.63, 3.8) is 0 Å². The highest BCUT2D eigenvalue weighted by atomic mass is 16.6. The Balaban J connectivity index is 2.40. The Labute approximate surface area is 103 Å². The van der Waals surface area contributed by atoms with Gasteiger partial charge in [-0.05, 0) is 33.6 Å². The lowest BCUT2D eigenvalue weighted by Gasteiger charge is -2.34. The van der Waals surface area contributed by atoms with E-state index in [1.807, 2.05) is 20.8 Å². The number of carbonyl (C=O) groups is 1. The Bertz CT molecular complexity index is 251. The molecule has 0 aromatic carbocycles.